The zero-order valence-electron chi connectivity index (χ0n) is 6.48. The van der Waals surface area contributed by atoms with E-state index in [1.165, 1.54) is 0 Å². The molecule has 0 spiro atoms. The second-order valence-corrected chi connectivity index (χ2v) is 2.69. The molecule has 1 aromatic rings. The van der Waals surface area contributed by atoms with Gasteiger partial charge in [0.05, 0.1) is 11.3 Å². The number of H-pyrrole nitrogens is 1. The molecule has 0 unspecified atom stereocenters. The van der Waals surface area contributed by atoms with Crippen molar-refractivity contribution in [3.8, 4) is 0 Å². The van der Waals surface area contributed by atoms with Crippen molar-refractivity contribution in [2.45, 2.75) is 6.43 Å². The van der Waals surface area contributed by atoms with E-state index in [0.29, 0.717) is 6.07 Å². The van der Waals surface area contributed by atoms with Crippen molar-refractivity contribution in [3.63, 3.8) is 0 Å². The van der Waals surface area contributed by atoms with Crippen molar-refractivity contribution < 1.29 is 18.0 Å². The Labute approximate surface area is 80.5 Å². The van der Waals surface area contributed by atoms with Gasteiger partial charge in [0.15, 0.2) is 0 Å². The van der Waals surface area contributed by atoms with E-state index in [1.807, 2.05) is 0 Å². The van der Waals surface area contributed by atoms with E-state index in [1.54, 1.807) is 4.98 Å². The Kier molecular flexibility index (Phi) is 2.95. The summed E-state index contributed by atoms with van der Waals surface area (Å²) in [5.41, 5.74) is -3.16. The minimum Gasteiger partial charge on any atom is -0.320 e. The predicted molar refractivity (Wildman–Crippen MR) is 42.2 cm³/mol. The van der Waals surface area contributed by atoms with Gasteiger partial charge in [0.1, 0.15) is 5.82 Å². The lowest BCUT2D eigenvalue weighted by Gasteiger charge is -2.04. The van der Waals surface area contributed by atoms with Crippen molar-refractivity contribution >= 4 is 16.8 Å². The molecule has 1 rings (SSSR count). The molecule has 0 aromatic carbocycles. The van der Waals surface area contributed by atoms with Gasteiger partial charge < -0.3 is 4.98 Å². The standard InChI is InChI=1S/C7H3ClF3NO2/c8-6(14)4-2(9)1-3(13)12-5(4)7(10)11/h1,7H,(H,12,13). The van der Waals surface area contributed by atoms with Crippen LogP contribution in [0.2, 0.25) is 0 Å². The molecular formula is C7H3ClF3NO2. The van der Waals surface area contributed by atoms with Crippen molar-refractivity contribution in [3.05, 3.63) is 33.5 Å². The molecule has 0 saturated carbocycles. The number of aromatic nitrogens is 1. The molecule has 0 bridgehead atoms. The summed E-state index contributed by atoms with van der Waals surface area (Å²) in [6, 6.07) is 0.376. The highest BCUT2D eigenvalue weighted by atomic mass is 35.5. The first-order valence-corrected chi connectivity index (χ1v) is 3.72. The SMILES string of the molecule is O=C(Cl)c1c(F)cc(=O)[nH]c1C(F)F. The number of alkyl halides is 2. The maximum absolute atomic E-state index is 12.9. The highest BCUT2D eigenvalue weighted by molar-refractivity contribution is 6.67. The van der Waals surface area contributed by atoms with Crippen molar-refractivity contribution in [2.24, 2.45) is 0 Å². The van der Waals surface area contributed by atoms with Gasteiger partial charge in [-0.25, -0.2) is 13.2 Å². The van der Waals surface area contributed by atoms with E-state index < -0.39 is 34.3 Å². The normalized spacial score (nSPS) is 10.6. The van der Waals surface area contributed by atoms with Crippen LogP contribution in [0.15, 0.2) is 10.9 Å². The van der Waals surface area contributed by atoms with Crippen molar-refractivity contribution in [1.29, 1.82) is 0 Å². The predicted octanol–water partition coefficient (Wildman–Crippen LogP) is 1.83. The number of halogens is 4. The summed E-state index contributed by atoms with van der Waals surface area (Å²) in [6.45, 7) is 0. The van der Waals surface area contributed by atoms with Crippen molar-refractivity contribution in [1.82, 2.24) is 4.98 Å². The first kappa shape index (κ1) is 10.8. The molecule has 0 atom stereocenters. The molecule has 0 aliphatic heterocycles. The quantitative estimate of drug-likeness (QED) is 0.781. The van der Waals surface area contributed by atoms with E-state index in [-0.39, 0.29) is 0 Å². The van der Waals surface area contributed by atoms with Crippen LogP contribution in [0, 0.1) is 5.82 Å². The zero-order valence-corrected chi connectivity index (χ0v) is 7.24. The molecule has 0 aliphatic rings. The Hall–Kier alpha value is -1.30. The van der Waals surface area contributed by atoms with Crippen LogP contribution < -0.4 is 5.56 Å². The van der Waals surface area contributed by atoms with Gasteiger partial charge in [-0.15, -0.1) is 0 Å². The van der Waals surface area contributed by atoms with Crippen LogP contribution in [0.1, 0.15) is 22.5 Å². The van der Waals surface area contributed by atoms with Crippen LogP contribution in [0.3, 0.4) is 0 Å². The number of carbonyl (C=O) groups excluding carboxylic acids is 1. The van der Waals surface area contributed by atoms with Gasteiger partial charge in [0.25, 0.3) is 17.2 Å². The average molecular weight is 226 g/mol. The second kappa shape index (κ2) is 3.83. The number of hydrogen-bond donors (Lipinski definition) is 1. The summed E-state index contributed by atoms with van der Waals surface area (Å²) in [6.07, 6.45) is -3.17. The maximum Gasteiger partial charge on any atom is 0.279 e. The van der Waals surface area contributed by atoms with Gasteiger partial charge in [0, 0.05) is 6.07 Å². The first-order chi connectivity index (χ1) is 6.43. The smallest absolute Gasteiger partial charge is 0.279 e. The lowest BCUT2D eigenvalue weighted by atomic mass is 10.2. The maximum atomic E-state index is 12.9. The molecule has 7 heteroatoms. The highest BCUT2D eigenvalue weighted by Crippen LogP contribution is 2.22. The Bertz CT molecular complexity index is 429. The van der Waals surface area contributed by atoms with Crippen LogP contribution in [-0.4, -0.2) is 10.2 Å². The average Bonchev–Trinajstić information content (AvgIpc) is 2.01. The lowest BCUT2D eigenvalue weighted by Crippen LogP contribution is -2.15. The second-order valence-electron chi connectivity index (χ2n) is 2.34. The molecule has 0 saturated heterocycles. The van der Waals surface area contributed by atoms with E-state index >= 15 is 0 Å². The largest absolute Gasteiger partial charge is 0.320 e. The Balaban J connectivity index is 3.52. The fourth-order valence-electron chi connectivity index (χ4n) is 0.911. The Morgan fingerprint density at radius 3 is 2.50 bits per heavy atom. The molecule has 0 fully saturated rings. The zero-order chi connectivity index (χ0) is 10.9. The van der Waals surface area contributed by atoms with Gasteiger partial charge in [-0.3, -0.25) is 9.59 Å². The highest BCUT2D eigenvalue weighted by Gasteiger charge is 2.22. The molecule has 1 aromatic heterocycles. The number of hydrogen-bond acceptors (Lipinski definition) is 2. The van der Waals surface area contributed by atoms with E-state index in [4.69, 9.17) is 11.6 Å². The molecule has 0 radical (unpaired) electrons. The number of rotatable bonds is 2. The van der Waals surface area contributed by atoms with Crippen LogP contribution in [0.4, 0.5) is 13.2 Å². The minimum atomic E-state index is -3.17. The minimum absolute atomic E-state index is 0.376. The third kappa shape index (κ3) is 1.95. The molecule has 14 heavy (non-hydrogen) atoms. The molecule has 76 valence electrons. The fraction of sp³-hybridized carbons (Fsp3) is 0.143. The Morgan fingerprint density at radius 2 is 2.07 bits per heavy atom. The van der Waals surface area contributed by atoms with Crippen LogP contribution in [-0.2, 0) is 0 Å². The number of aromatic amines is 1. The third-order valence-electron chi connectivity index (χ3n) is 1.44. The molecule has 3 nitrogen and oxygen atoms in total. The van der Waals surface area contributed by atoms with E-state index in [9.17, 15) is 22.8 Å². The molecule has 0 aliphatic carbocycles. The van der Waals surface area contributed by atoms with Gasteiger partial charge in [-0.05, 0) is 11.6 Å². The number of pyridine rings is 1. The fourth-order valence-corrected chi connectivity index (χ4v) is 1.10. The summed E-state index contributed by atoms with van der Waals surface area (Å²) in [5, 5.41) is -1.38. The van der Waals surface area contributed by atoms with Gasteiger partial charge in [-0.1, -0.05) is 0 Å². The Morgan fingerprint density at radius 1 is 1.50 bits per heavy atom. The summed E-state index contributed by atoms with van der Waals surface area (Å²) in [5.74, 6) is -1.36. The van der Waals surface area contributed by atoms with Crippen LogP contribution in [0.25, 0.3) is 0 Å². The monoisotopic (exact) mass is 225 g/mol. The summed E-state index contributed by atoms with van der Waals surface area (Å²) in [4.78, 5) is 22.8. The van der Waals surface area contributed by atoms with Gasteiger partial charge in [0.2, 0.25) is 0 Å². The van der Waals surface area contributed by atoms with Gasteiger partial charge in [-0.2, -0.15) is 0 Å². The first-order valence-electron chi connectivity index (χ1n) is 3.34. The summed E-state index contributed by atoms with van der Waals surface area (Å²) in [7, 11) is 0. The van der Waals surface area contributed by atoms with Crippen LogP contribution >= 0.6 is 11.6 Å². The van der Waals surface area contributed by atoms with Crippen molar-refractivity contribution in [2.75, 3.05) is 0 Å². The third-order valence-corrected chi connectivity index (χ3v) is 1.63. The molecule has 1 heterocycles. The van der Waals surface area contributed by atoms with E-state index in [0.717, 1.165) is 0 Å². The molecule has 1 N–H and O–H groups in total. The summed E-state index contributed by atoms with van der Waals surface area (Å²) >= 11 is 4.88. The van der Waals surface area contributed by atoms with E-state index in [2.05, 4.69) is 0 Å². The van der Waals surface area contributed by atoms with Gasteiger partial charge >= 0.3 is 0 Å². The topological polar surface area (TPSA) is 49.9 Å². The number of nitrogens with one attached hydrogen (secondary N) is 1. The molecular weight excluding hydrogens is 223 g/mol. The number of carbonyl (C=O) groups is 1. The molecule has 0 amide bonds. The van der Waals surface area contributed by atoms with Crippen LogP contribution in [0.5, 0.6) is 0 Å². The lowest BCUT2D eigenvalue weighted by molar-refractivity contribution is 0.105. The summed E-state index contributed by atoms with van der Waals surface area (Å²) < 4.78 is 37.3.